The Labute approximate surface area is 167 Å². The second-order valence-corrected chi connectivity index (χ2v) is 6.65. The van der Waals surface area contributed by atoms with Gasteiger partial charge >= 0.3 is 0 Å². The van der Waals surface area contributed by atoms with Gasteiger partial charge in [0.1, 0.15) is 17.2 Å². The molecular weight excluding hydrogens is 378 g/mol. The topological polar surface area (TPSA) is 81.7 Å². The summed E-state index contributed by atoms with van der Waals surface area (Å²) >= 11 is 1.41. The van der Waals surface area contributed by atoms with Crippen molar-refractivity contribution in [3.8, 4) is 17.2 Å². The van der Waals surface area contributed by atoms with Crippen LogP contribution in [0.25, 0.3) is 0 Å². The standard InChI is InChI=1S/C20H21N3O4S/c1-25-15-6-4-5-13(9-15)21-19(24)10-14-12-28-20(22-14)23-17-11-16(26-2)7-8-18(17)27-3/h4-9,11-12H,10H2,1-3H3,(H,21,24)(H,22,23). The van der Waals surface area contributed by atoms with E-state index in [2.05, 4.69) is 15.6 Å². The molecule has 0 radical (unpaired) electrons. The summed E-state index contributed by atoms with van der Waals surface area (Å²) in [5.41, 5.74) is 2.09. The molecule has 0 saturated heterocycles. The van der Waals surface area contributed by atoms with E-state index >= 15 is 0 Å². The number of rotatable bonds is 8. The maximum absolute atomic E-state index is 12.3. The molecule has 0 fully saturated rings. The second-order valence-electron chi connectivity index (χ2n) is 5.79. The Morgan fingerprint density at radius 2 is 1.82 bits per heavy atom. The van der Waals surface area contributed by atoms with Gasteiger partial charge in [0, 0.05) is 23.2 Å². The van der Waals surface area contributed by atoms with Crippen LogP contribution in [0.1, 0.15) is 5.69 Å². The third kappa shape index (κ3) is 4.92. The molecule has 3 rings (SSSR count). The van der Waals surface area contributed by atoms with Crippen LogP contribution in [-0.2, 0) is 11.2 Å². The highest BCUT2D eigenvalue weighted by atomic mass is 32.1. The van der Waals surface area contributed by atoms with E-state index in [1.54, 1.807) is 27.4 Å². The van der Waals surface area contributed by atoms with Crippen LogP contribution in [0.2, 0.25) is 0 Å². The summed E-state index contributed by atoms with van der Waals surface area (Å²) < 4.78 is 15.8. The number of ether oxygens (including phenoxy) is 3. The minimum Gasteiger partial charge on any atom is -0.497 e. The third-order valence-corrected chi connectivity index (χ3v) is 4.70. The summed E-state index contributed by atoms with van der Waals surface area (Å²) in [6, 6.07) is 12.7. The number of hydrogen-bond acceptors (Lipinski definition) is 7. The van der Waals surface area contributed by atoms with Gasteiger partial charge in [-0.25, -0.2) is 4.98 Å². The maximum atomic E-state index is 12.3. The first kappa shape index (κ1) is 19.5. The fourth-order valence-corrected chi connectivity index (χ4v) is 3.27. The summed E-state index contributed by atoms with van der Waals surface area (Å²) in [6.07, 6.45) is 0.171. The number of anilines is 3. The van der Waals surface area contributed by atoms with Crippen LogP contribution in [0, 0.1) is 0 Å². The zero-order valence-electron chi connectivity index (χ0n) is 15.8. The predicted molar refractivity (Wildman–Crippen MR) is 110 cm³/mol. The van der Waals surface area contributed by atoms with E-state index in [0.29, 0.717) is 33.8 Å². The number of thiazole rings is 1. The van der Waals surface area contributed by atoms with Gasteiger partial charge in [0.25, 0.3) is 0 Å². The van der Waals surface area contributed by atoms with Gasteiger partial charge < -0.3 is 24.8 Å². The van der Waals surface area contributed by atoms with Crippen LogP contribution >= 0.6 is 11.3 Å². The number of nitrogens with one attached hydrogen (secondary N) is 2. The zero-order valence-corrected chi connectivity index (χ0v) is 16.6. The molecule has 1 amide bonds. The van der Waals surface area contributed by atoms with Crippen LogP contribution in [0.3, 0.4) is 0 Å². The molecule has 8 heteroatoms. The van der Waals surface area contributed by atoms with Gasteiger partial charge in [0.2, 0.25) is 5.91 Å². The summed E-state index contributed by atoms with van der Waals surface area (Å²) in [6.45, 7) is 0. The van der Waals surface area contributed by atoms with Crippen molar-refractivity contribution in [3.05, 3.63) is 53.5 Å². The molecular formula is C20H21N3O4S. The third-order valence-electron chi connectivity index (χ3n) is 3.90. The molecule has 2 aromatic carbocycles. The number of benzene rings is 2. The van der Waals surface area contributed by atoms with Crippen molar-refractivity contribution in [1.29, 1.82) is 0 Å². The number of nitrogens with zero attached hydrogens (tertiary/aromatic N) is 1. The Hall–Kier alpha value is -3.26. The number of amides is 1. The predicted octanol–water partition coefficient (Wildman–Crippen LogP) is 4.09. The van der Waals surface area contributed by atoms with Crippen molar-refractivity contribution in [2.24, 2.45) is 0 Å². The molecule has 2 N–H and O–H groups in total. The summed E-state index contributed by atoms with van der Waals surface area (Å²) in [5.74, 6) is 1.92. The first-order chi connectivity index (χ1) is 13.6. The van der Waals surface area contributed by atoms with Crippen molar-refractivity contribution in [3.63, 3.8) is 0 Å². The van der Waals surface area contributed by atoms with Gasteiger partial charge in [-0.1, -0.05) is 6.07 Å². The minimum absolute atomic E-state index is 0.149. The van der Waals surface area contributed by atoms with Gasteiger partial charge in [-0.15, -0.1) is 11.3 Å². The van der Waals surface area contributed by atoms with Gasteiger partial charge in [0.15, 0.2) is 5.13 Å². The zero-order chi connectivity index (χ0) is 19.9. The van der Waals surface area contributed by atoms with E-state index in [1.807, 2.05) is 41.8 Å². The lowest BCUT2D eigenvalue weighted by molar-refractivity contribution is -0.115. The van der Waals surface area contributed by atoms with Gasteiger partial charge in [-0.05, 0) is 24.3 Å². The highest BCUT2D eigenvalue weighted by molar-refractivity contribution is 7.13. The highest BCUT2D eigenvalue weighted by Gasteiger charge is 2.11. The van der Waals surface area contributed by atoms with E-state index in [4.69, 9.17) is 14.2 Å². The number of hydrogen-bond donors (Lipinski definition) is 2. The van der Waals surface area contributed by atoms with Crippen molar-refractivity contribution in [2.75, 3.05) is 32.0 Å². The summed E-state index contributed by atoms with van der Waals surface area (Å²) in [4.78, 5) is 16.8. The van der Waals surface area contributed by atoms with Crippen LogP contribution in [0.4, 0.5) is 16.5 Å². The van der Waals surface area contributed by atoms with Gasteiger partial charge in [-0.3, -0.25) is 4.79 Å². The second kappa shape index (κ2) is 9.09. The Balaban J connectivity index is 1.65. The van der Waals surface area contributed by atoms with Crippen LogP contribution in [0.15, 0.2) is 47.8 Å². The van der Waals surface area contributed by atoms with Gasteiger partial charge in [-0.2, -0.15) is 0 Å². The Morgan fingerprint density at radius 3 is 2.57 bits per heavy atom. The monoisotopic (exact) mass is 399 g/mol. The average molecular weight is 399 g/mol. The van der Waals surface area contributed by atoms with E-state index < -0.39 is 0 Å². The van der Waals surface area contributed by atoms with Crippen LogP contribution in [0.5, 0.6) is 17.2 Å². The molecule has 0 saturated carbocycles. The molecule has 28 heavy (non-hydrogen) atoms. The molecule has 1 aromatic heterocycles. The fraction of sp³-hybridized carbons (Fsp3) is 0.200. The quantitative estimate of drug-likeness (QED) is 0.594. The Morgan fingerprint density at radius 1 is 1.04 bits per heavy atom. The van der Waals surface area contributed by atoms with Crippen molar-refractivity contribution < 1.29 is 19.0 Å². The van der Waals surface area contributed by atoms with Crippen molar-refractivity contribution >= 4 is 33.8 Å². The molecule has 0 bridgehead atoms. The normalized spacial score (nSPS) is 10.2. The van der Waals surface area contributed by atoms with E-state index in [1.165, 1.54) is 11.3 Å². The average Bonchev–Trinajstić information content (AvgIpc) is 3.14. The lowest BCUT2D eigenvalue weighted by atomic mass is 10.2. The smallest absolute Gasteiger partial charge is 0.230 e. The lowest BCUT2D eigenvalue weighted by Gasteiger charge is -2.10. The summed E-state index contributed by atoms with van der Waals surface area (Å²) in [7, 11) is 4.79. The van der Waals surface area contributed by atoms with Crippen molar-refractivity contribution in [2.45, 2.75) is 6.42 Å². The summed E-state index contributed by atoms with van der Waals surface area (Å²) in [5, 5.41) is 8.57. The SMILES string of the molecule is COc1cccc(NC(=O)Cc2csc(Nc3cc(OC)ccc3OC)n2)c1. The van der Waals surface area contributed by atoms with E-state index in [-0.39, 0.29) is 12.3 Å². The van der Waals surface area contributed by atoms with Crippen LogP contribution in [-0.4, -0.2) is 32.2 Å². The number of methoxy groups -OCH3 is 3. The largest absolute Gasteiger partial charge is 0.497 e. The minimum atomic E-state index is -0.149. The number of carbonyl (C=O) groups is 1. The van der Waals surface area contributed by atoms with Crippen molar-refractivity contribution in [1.82, 2.24) is 4.98 Å². The first-order valence-electron chi connectivity index (χ1n) is 8.48. The molecule has 7 nitrogen and oxygen atoms in total. The molecule has 0 unspecified atom stereocenters. The molecule has 146 valence electrons. The lowest BCUT2D eigenvalue weighted by Crippen LogP contribution is -2.14. The Kier molecular flexibility index (Phi) is 6.33. The maximum Gasteiger partial charge on any atom is 0.230 e. The fourth-order valence-electron chi connectivity index (χ4n) is 2.54. The number of carbonyl (C=O) groups excluding carboxylic acids is 1. The molecule has 0 aliphatic heterocycles. The molecule has 0 spiro atoms. The molecule has 0 aliphatic carbocycles. The Bertz CT molecular complexity index is 958. The highest BCUT2D eigenvalue weighted by Crippen LogP contribution is 2.32. The molecule has 0 aliphatic rings. The number of aromatic nitrogens is 1. The van der Waals surface area contributed by atoms with Crippen LogP contribution < -0.4 is 24.8 Å². The van der Waals surface area contributed by atoms with E-state index in [9.17, 15) is 4.79 Å². The first-order valence-corrected chi connectivity index (χ1v) is 9.36. The molecule has 1 heterocycles. The van der Waals surface area contributed by atoms with E-state index in [0.717, 1.165) is 5.69 Å². The van der Waals surface area contributed by atoms with Gasteiger partial charge in [0.05, 0.1) is 39.1 Å². The molecule has 3 aromatic rings. The molecule has 0 atom stereocenters.